The molecule has 1 fully saturated rings. The van der Waals surface area contributed by atoms with Crippen LogP contribution < -0.4 is 0 Å². The van der Waals surface area contributed by atoms with Crippen molar-refractivity contribution >= 4 is 16.0 Å². The third-order valence-corrected chi connectivity index (χ3v) is 5.47. The van der Waals surface area contributed by atoms with E-state index in [-0.39, 0.29) is 11.7 Å². The Bertz CT molecular complexity index is 377. The second kappa shape index (κ2) is 5.35. The monoisotopic (exact) mass is 263 g/mol. The van der Waals surface area contributed by atoms with Crippen LogP contribution >= 0.6 is 0 Å². The predicted octanol–water partition coefficient (Wildman–Crippen LogP) is 1.16. The van der Waals surface area contributed by atoms with Gasteiger partial charge in [0.2, 0.25) is 10.0 Å². The van der Waals surface area contributed by atoms with E-state index >= 15 is 0 Å². The molecule has 17 heavy (non-hydrogen) atoms. The second-order valence-electron chi connectivity index (χ2n) is 5.11. The second-order valence-corrected chi connectivity index (χ2v) is 7.08. The summed E-state index contributed by atoms with van der Waals surface area (Å²) in [6.45, 7) is 5.83. The van der Waals surface area contributed by atoms with Gasteiger partial charge in [-0.25, -0.2) is 8.42 Å². The highest BCUT2D eigenvalue weighted by Gasteiger charge is 2.38. The molecule has 6 heteroatoms. The smallest absolute Gasteiger partial charge is 0.308 e. The minimum absolute atomic E-state index is 0.0532. The first-order chi connectivity index (χ1) is 7.75. The maximum absolute atomic E-state index is 12.1. The Balaban J connectivity index is 2.87. The van der Waals surface area contributed by atoms with Crippen molar-refractivity contribution < 1.29 is 18.3 Å². The molecule has 0 aromatic heterocycles. The lowest BCUT2D eigenvalue weighted by Crippen LogP contribution is -2.50. The Labute approximate surface area is 103 Å². The molecule has 0 saturated carbocycles. The topological polar surface area (TPSA) is 74.7 Å². The maximum Gasteiger partial charge on any atom is 0.308 e. The number of hydrogen-bond acceptors (Lipinski definition) is 3. The minimum Gasteiger partial charge on any atom is -0.481 e. The molecule has 0 spiro atoms. The third kappa shape index (κ3) is 3.42. The number of hydrogen-bond donors (Lipinski definition) is 1. The summed E-state index contributed by atoms with van der Waals surface area (Å²) < 4.78 is 25.6. The fraction of sp³-hybridized carbons (Fsp3) is 0.909. The molecule has 1 aliphatic rings. The molecule has 0 aromatic carbocycles. The van der Waals surface area contributed by atoms with Crippen LogP contribution in [0.4, 0.5) is 0 Å². The average molecular weight is 263 g/mol. The van der Waals surface area contributed by atoms with Crippen LogP contribution in [0.5, 0.6) is 0 Å². The van der Waals surface area contributed by atoms with Crippen molar-refractivity contribution in [3.05, 3.63) is 0 Å². The van der Waals surface area contributed by atoms with Gasteiger partial charge >= 0.3 is 5.97 Å². The van der Waals surface area contributed by atoms with Crippen LogP contribution in [0.15, 0.2) is 0 Å². The third-order valence-electron chi connectivity index (χ3n) is 3.15. The van der Waals surface area contributed by atoms with Gasteiger partial charge in [-0.15, -0.1) is 0 Å². The SMILES string of the molecule is CC(C)CS(=O)(=O)N1CCC[C@H](C(=O)O)[C@@H]1C. The summed E-state index contributed by atoms with van der Waals surface area (Å²) in [6.07, 6.45) is 1.18. The van der Waals surface area contributed by atoms with Crippen LogP contribution in [0.3, 0.4) is 0 Å². The number of nitrogens with zero attached hydrogens (tertiary/aromatic N) is 1. The first-order valence-corrected chi connectivity index (χ1v) is 7.59. The lowest BCUT2D eigenvalue weighted by Gasteiger charge is -2.36. The van der Waals surface area contributed by atoms with Crippen LogP contribution in [-0.2, 0) is 14.8 Å². The van der Waals surface area contributed by atoms with E-state index in [0.717, 1.165) is 0 Å². The molecule has 1 rings (SSSR count). The van der Waals surface area contributed by atoms with Crippen LogP contribution in [0.2, 0.25) is 0 Å². The van der Waals surface area contributed by atoms with Gasteiger partial charge in [0.15, 0.2) is 0 Å². The van der Waals surface area contributed by atoms with E-state index in [0.29, 0.717) is 19.4 Å². The Morgan fingerprint density at radius 1 is 1.47 bits per heavy atom. The van der Waals surface area contributed by atoms with Gasteiger partial charge < -0.3 is 5.11 Å². The highest BCUT2D eigenvalue weighted by Crippen LogP contribution is 2.26. The first-order valence-electron chi connectivity index (χ1n) is 5.98. The lowest BCUT2D eigenvalue weighted by molar-refractivity contribution is -0.144. The molecule has 0 unspecified atom stereocenters. The molecule has 1 heterocycles. The number of aliphatic carboxylic acids is 1. The quantitative estimate of drug-likeness (QED) is 0.826. The van der Waals surface area contributed by atoms with E-state index in [1.54, 1.807) is 6.92 Å². The van der Waals surface area contributed by atoms with Crippen molar-refractivity contribution in [3.8, 4) is 0 Å². The lowest BCUT2D eigenvalue weighted by atomic mass is 9.92. The molecule has 0 aliphatic carbocycles. The van der Waals surface area contributed by atoms with Gasteiger partial charge in [-0.2, -0.15) is 4.31 Å². The van der Waals surface area contributed by atoms with Gasteiger partial charge in [0.1, 0.15) is 0 Å². The van der Waals surface area contributed by atoms with Gasteiger partial charge in [0.25, 0.3) is 0 Å². The Morgan fingerprint density at radius 2 is 2.06 bits per heavy atom. The Morgan fingerprint density at radius 3 is 2.53 bits per heavy atom. The highest BCUT2D eigenvalue weighted by atomic mass is 32.2. The average Bonchev–Trinajstić information content (AvgIpc) is 2.14. The molecule has 0 aromatic rings. The number of carbonyl (C=O) groups is 1. The van der Waals surface area contributed by atoms with E-state index in [9.17, 15) is 13.2 Å². The van der Waals surface area contributed by atoms with E-state index in [1.165, 1.54) is 4.31 Å². The summed E-state index contributed by atoms with van der Waals surface area (Å²) in [7, 11) is -3.33. The standard InChI is InChI=1S/C11H21NO4S/c1-8(2)7-17(15,16)12-6-4-5-10(9(12)3)11(13)14/h8-10H,4-7H2,1-3H3,(H,13,14)/t9-,10-/m0/s1. The molecule has 1 saturated heterocycles. The van der Waals surface area contributed by atoms with E-state index in [4.69, 9.17) is 5.11 Å². The van der Waals surface area contributed by atoms with E-state index in [2.05, 4.69) is 0 Å². The van der Waals surface area contributed by atoms with Gasteiger partial charge in [0.05, 0.1) is 11.7 Å². The minimum atomic E-state index is -3.33. The predicted molar refractivity (Wildman–Crippen MR) is 65.2 cm³/mol. The molecular weight excluding hydrogens is 242 g/mol. The van der Waals surface area contributed by atoms with Crippen LogP contribution in [0.25, 0.3) is 0 Å². The van der Waals surface area contributed by atoms with Gasteiger partial charge in [-0.05, 0) is 25.7 Å². The van der Waals surface area contributed by atoms with Crippen LogP contribution in [0.1, 0.15) is 33.6 Å². The fourth-order valence-electron chi connectivity index (χ4n) is 2.35. The summed E-state index contributed by atoms with van der Waals surface area (Å²) in [5.74, 6) is -1.34. The van der Waals surface area contributed by atoms with Crippen LogP contribution in [0, 0.1) is 11.8 Å². The number of rotatable bonds is 4. The number of piperidine rings is 1. The van der Waals surface area contributed by atoms with Crippen molar-refractivity contribution in [3.63, 3.8) is 0 Å². The molecular formula is C11H21NO4S. The van der Waals surface area contributed by atoms with Gasteiger partial charge in [-0.3, -0.25) is 4.79 Å². The number of sulfonamides is 1. The van der Waals surface area contributed by atoms with Crippen molar-refractivity contribution in [1.82, 2.24) is 4.31 Å². The van der Waals surface area contributed by atoms with Crippen molar-refractivity contribution in [2.75, 3.05) is 12.3 Å². The summed E-state index contributed by atoms with van der Waals surface area (Å²) in [5.41, 5.74) is 0. The zero-order valence-electron chi connectivity index (χ0n) is 10.6. The van der Waals surface area contributed by atoms with Gasteiger partial charge in [0, 0.05) is 12.6 Å². The summed E-state index contributed by atoms with van der Waals surface area (Å²) >= 11 is 0. The van der Waals surface area contributed by atoms with Crippen molar-refractivity contribution in [1.29, 1.82) is 0 Å². The zero-order valence-corrected chi connectivity index (χ0v) is 11.4. The molecule has 0 bridgehead atoms. The normalized spacial score (nSPS) is 27.3. The maximum atomic E-state index is 12.1. The molecule has 2 atom stereocenters. The zero-order chi connectivity index (χ0) is 13.2. The van der Waals surface area contributed by atoms with Crippen LogP contribution in [-0.4, -0.2) is 42.1 Å². The molecule has 0 radical (unpaired) electrons. The summed E-state index contributed by atoms with van der Waals surface area (Å²) in [6, 6.07) is -0.440. The van der Waals surface area contributed by atoms with Gasteiger partial charge in [-0.1, -0.05) is 13.8 Å². The fourth-order valence-corrected chi connectivity index (χ4v) is 4.45. The molecule has 1 N–H and O–H groups in total. The van der Waals surface area contributed by atoms with E-state index in [1.807, 2.05) is 13.8 Å². The highest BCUT2D eigenvalue weighted by molar-refractivity contribution is 7.89. The first kappa shape index (κ1) is 14.4. The molecule has 0 amide bonds. The Hall–Kier alpha value is -0.620. The Kier molecular flexibility index (Phi) is 4.55. The van der Waals surface area contributed by atoms with Crippen molar-refractivity contribution in [2.24, 2.45) is 11.8 Å². The number of carboxylic acids is 1. The number of carboxylic acid groups (broad SMARTS) is 1. The van der Waals surface area contributed by atoms with Crippen molar-refractivity contribution in [2.45, 2.75) is 39.7 Å². The van der Waals surface area contributed by atoms with E-state index < -0.39 is 28.0 Å². The molecule has 1 aliphatic heterocycles. The molecule has 5 nitrogen and oxygen atoms in total. The molecule has 100 valence electrons. The summed E-state index contributed by atoms with van der Waals surface area (Å²) in [5, 5.41) is 9.05. The largest absolute Gasteiger partial charge is 0.481 e. The summed E-state index contributed by atoms with van der Waals surface area (Å²) in [4.78, 5) is 11.0.